The number of H-pyrrole nitrogens is 1. The highest BCUT2D eigenvalue weighted by molar-refractivity contribution is 5.92. The van der Waals surface area contributed by atoms with Crippen LogP contribution in [0.25, 0.3) is 11.0 Å². The van der Waals surface area contributed by atoms with Crippen molar-refractivity contribution in [1.29, 1.82) is 0 Å². The van der Waals surface area contributed by atoms with Crippen LogP contribution in [0.15, 0.2) is 61.7 Å². The predicted molar refractivity (Wildman–Crippen MR) is 154 cm³/mol. The minimum atomic E-state index is -0.473. The molecule has 212 valence electrons. The Hall–Kier alpha value is -4.51. The van der Waals surface area contributed by atoms with E-state index in [-0.39, 0.29) is 23.6 Å². The number of fused-ring (bicyclic) bond motifs is 1. The summed E-state index contributed by atoms with van der Waals surface area (Å²) in [6.45, 7) is 9.07. The first-order valence-corrected chi connectivity index (χ1v) is 13.8. The number of ether oxygens (including phenoxy) is 2. The molecule has 4 aromatic rings. The quantitative estimate of drug-likeness (QED) is 0.301. The fourth-order valence-corrected chi connectivity index (χ4v) is 5.53. The number of amides is 1. The summed E-state index contributed by atoms with van der Waals surface area (Å²) in [6.07, 6.45) is 8.17. The molecular formula is C30H32FN7O3. The number of carbonyl (C=O) groups is 1. The number of aromatic amines is 1. The number of hydrogen-bond acceptors (Lipinski definition) is 8. The number of nitrogens with one attached hydrogen (secondary N) is 2. The minimum absolute atomic E-state index is 0.0490. The van der Waals surface area contributed by atoms with E-state index in [2.05, 4.69) is 36.7 Å². The number of hydrogen-bond donors (Lipinski definition) is 2. The second-order valence-electron chi connectivity index (χ2n) is 10.3. The first kappa shape index (κ1) is 26.7. The Labute approximate surface area is 237 Å². The van der Waals surface area contributed by atoms with Crippen LogP contribution in [0.3, 0.4) is 0 Å². The van der Waals surface area contributed by atoms with Crippen LogP contribution < -0.4 is 15.0 Å². The number of piperidine rings is 1. The van der Waals surface area contributed by atoms with Crippen LogP contribution in [-0.4, -0.2) is 69.6 Å². The molecule has 0 aliphatic carbocycles. The molecule has 2 aliphatic heterocycles. The van der Waals surface area contributed by atoms with Crippen LogP contribution in [0.4, 0.5) is 21.7 Å². The second kappa shape index (κ2) is 11.5. The van der Waals surface area contributed by atoms with Gasteiger partial charge in [-0.15, -0.1) is 0 Å². The van der Waals surface area contributed by atoms with Gasteiger partial charge in [-0.1, -0.05) is 6.58 Å². The van der Waals surface area contributed by atoms with Crippen molar-refractivity contribution in [1.82, 2.24) is 24.8 Å². The van der Waals surface area contributed by atoms with Crippen LogP contribution >= 0.6 is 0 Å². The normalized spacial score (nSPS) is 18.0. The molecule has 11 heteroatoms. The molecule has 1 aromatic carbocycles. The van der Waals surface area contributed by atoms with Gasteiger partial charge < -0.3 is 29.6 Å². The van der Waals surface area contributed by atoms with Crippen molar-refractivity contribution in [2.24, 2.45) is 0 Å². The van der Waals surface area contributed by atoms with Gasteiger partial charge in [0.1, 0.15) is 40.9 Å². The van der Waals surface area contributed by atoms with E-state index in [4.69, 9.17) is 9.47 Å². The lowest BCUT2D eigenvalue weighted by molar-refractivity contribution is -0.127. The van der Waals surface area contributed by atoms with Gasteiger partial charge in [-0.05, 0) is 55.5 Å². The van der Waals surface area contributed by atoms with E-state index in [9.17, 15) is 4.79 Å². The number of nitrogens with zero attached hydrogens (tertiary/aromatic N) is 5. The zero-order chi connectivity index (χ0) is 28.3. The Kier molecular flexibility index (Phi) is 7.51. The van der Waals surface area contributed by atoms with E-state index in [1.165, 1.54) is 18.5 Å². The van der Waals surface area contributed by atoms with Crippen LogP contribution in [0, 0.1) is 5.82 Å². The fraction of sp³-hybridized carbons (Fsp3) is 0.333. The van der Waals surface area contributed by atoms with E-state index in [0.717, 1.165) is 42.7 Å². The van der Waals surface area contributed by atoms with Crippen LogP contribution in [0.5, 0.6) is 11.5 Å². The van der Waals surface area contributed by atoms with Crippen molar-refractivity contribution >= 4 is 34.3 Å². The van der Waals surface area contributed by atoms with Crippen LogP contribution in [-0.2, 0) is 9.53 Å². The summed E-state index contributed by atoms with van der Waals surface area (Å²) in [5.41, 5.74) is 2.00. The Bertz CT molecular complexity index is 1570. The smallest absolute Gasteiger partial charge is 0.245 e. The number of likely N-dealkylation sites (tertiary alicyclic amines) is 1. The molecule has 5 heterocycles. The second-order valence-corrected chi connectivity index (χ2v) is 10.3. The van der Waals surface area contributed by atoms with Crippen molar-refractivity contribution in [2.45, 2.75) is 31.8 Å². The third-order valence-electron chi connectivity index (χ3n) is 7.63. The van der Waals surface area contributed by atoms with Gasteiger partial charge in [0, 0.05) is 50.7 Å². The van der Waals surface area contributed by atoms with Gasteiger partial charge in [0.05, 0.1) is 23.8 Å². The summed E-state index contributed by atoms with van der Waals surface area (Å²) in [6, 6.07) is 8.30. The highest BCUT2D eigenvalue weighted by atomic mass is 19.1. The number of anilines is 3. The number of pyridine rings is 1. The molecule has 1 unspecified atom stereocenters. The molecule has 6 rings (SSSR count). The van der Waals surface area contributed by atoms with E-state index in [0.29, 0.717) is 42.7 Å². The topological polar surface area (TPSA) is 108 Å². The third kappa shape index (κ3) is 5.71. The SMILES string of the molecule is C=CC(=O)N1CCC(c2c[nH]c3ncnc(Nc4ccc(Oc5ccnc(N6CCOC(C)C6)c5)cc4F)c23)CC1. The molecule has 2 N–H and O–H groups in total. The number of benzene rings is 1. The molecule has 2 saturated heterocycles. The zero-order valence-corrected chi connectivity index (χ0v) is 22.8. The summed E-state index contributed by atoms with van der Waals surface area (Å²) in [5.74, 6) is 1.95. The minimum Gasteiger partial charge on any atom is -0.457 e. The van der Waals surface area contributed by atoms with Crippen LogP contribution in [0.1, 0.15) is 31.2 Å². The average molecular weight is 558 g/mol. The van der Waals surface area contributed by atoms with Gasteiger partial charge in [0.15, 0.2) is 0 Å². The van der Waals surface area contributed by atoms with Gasteiger partial charge in [-0.2, -0.15) is 0 Å². The number of rotatable bonds is 7. The molecule has 0 bridgehead atoms. The maximum absolute atomic E-state index is 15.3. The maximum Gasteiger partial charge on any atom is 0.245 e. The van der Waals surface area contributed by atoms with Crippen molar-refractivity contribution < 1.29 is 18.7 Å². The molecule has 1 atom stereocenters. The molecule has 41 heavy (non-hydrogen) atoms. The first-order chi connectivity index (χ1) is 20.0. The summed E-state index contributed by atoms with van der Waals surface area (Å²) in [7, 11) is 0. The van der Waals surface area contributed by atoms with Gasteiger partial charge in [0.2, 0.25) is 5.91 Å². The predicted octanol–water partition coefficient (Wildman–Crippen LogP) is 5.15. The summed E-state index contributed by atoms with van der Waals surface area (Å²) >= 11 is 0. The van der Waals surface area contributed by atoms with E-state index >= 15 is 4.39 Å². The van der Waals surface area contributed by atoms with Crippen LogP contribution in [0.2, 0.25) is 0 Å². The lowest BCUT2D eigenvalue weighted by Crippen LogP contribution is -2.41. The number of morpholine rings is 1. The first-order valence-electron chi connectivity index (χ1n) is 13.8. The van der Waals surface area contributed by atoms with E-state index < -0.39 is 5.82 Å². The zero-order valence-electron chi connectivity index (χ0n) is 22.8. The molecular weight excluding hydrogens is 525 g/mol. The lowest BCUT2D eigenvalue weighted by atomic mass is 9.89. The van der Waals surface area contributed by atoms with E-state index in [1.54, 1.807) is 24.4 Å². The van der Waals surface area contributed by atoms with Gasteiger partial charge in [-0.25, -0.2) is 19.3 Å². The number of aromatic nitrogens is 4. The molecule has 1 amide bonds. The highest BCUT2D eigenvalue weighted by Gasteiger charge is 2.26. The fourth-order valence-electron chi connectivity index (χ4n) is 5.53. The summed E-state index contributed by atoms with van der Waals surface area (Å²) < 4.78 is 26.9. The molecule has 3 aromatic heterocycles. The Morgan fingerprint density at radius 2 is 2.00 bits per heavy atom. The summed E-state index contributed by atoms with van der Waals surface area (Å²) in [4.78, 5) is 32.4. The largest absolute Gasteiger partial charge is 0.457 e. The number of halogens is 1. The van der Waals surface area contributed by atoms with Crippen molar-refractivity contribution in [2.75, 3.05) is 43.0 Å². The van der Waals surface area contributed by atoms with Gasteiger partial charge in [-0.3, -0.25) is 4.79 Å². The molecule has 2 aliphatic rings. The van der Waals surface area contributed by atoms with E-state index in [1.807, 2.05) is 24.1 Å². The molecule has 0 radical (unpaired) electrons. The molecule has 0 saturated carbocycles. The average Bonchev–Trinajstić information content (AvgIpc) is 3.44. The Balaban J connectivity index is 1.18. The highest BCUT2D eigenvalue weighted by Crippen LogP contribution is 2.37. The third-order valence-corrected chi connectivity index (χ3v) is 7.63. The lowest BCUT2D eigenvalue weighted by Gasteiger charge is -2.32. The van der Waals surface area contributed by atoms with Gasteiger partial charge >= 0.3 is 0 Å². The standard InChI is InChI=1S/C30H32FN7O3/c1-3-27(39)37-10-7-20(8-11-37)23-16-33-29-28(23)30(35-18-34-29)36-25-5-4-21(14-24(25)31)41-22-6-9-32-26(15-22)38-12-13-40-19(2)17-38/h3-6,9,14-16,18-20H,1,7-8,10-13,17H2,2H3,(H2,33,34,35,36). The van der Waals surface area contributed by atoms with Crippen molar-refractivity contribution in [3.63, 3.8) is 0 Å². The van der Waals surface area contributed by atoms with Crippen molar-refractivity contribution in [3.8, 4) is 11.5 Å². The molecule has 2 fully saturated rings. The summed E-state index contributed by atoms with van der Waals surface area (Å²) in [5, 5.41) is 3.98. The Morgan fingerprint density at radius 1 is 1.17 bits per heavy atom. The molecule has 10 nitrogen and oxygen atoms in total. The Morgan fingerprint density at radius 3 is 2.78 bits per heavy atom. The number of carbonyl (C=O) groups excluding carboxylic acids is 1. The monoisotopic (exact) mass is 557 g/mol. The van der Waals surface area contributed by atoms with Gasteiger partial charge in [0.25, 0.3) is 0 Å². The molecule has 0 spiro atoms. The maximum atomic E-state index is 15.3. The van der Waals surface area contributed by atoms with Crippen molar-refractivity contribution in [3.05, 3.63) is 73.1 Å².